The van der Waals surface area contributed by atoms with Gasteiger partial charge in [0, 0.05) is 17.0 Å². The molecule has 1 atom stereocenters. The second-order valence-corrected chi connectivity index (χ2v) is 4.93. The van der Waals surface area contributed by atoms with Crippen LogP contribution in [-0.4, -0.2) is 14.3 Å². The van der Waals surface area contributed by atoms with E-state index >= 15 is 0 Å². The summed E-state index contributed by atoms with van der Waals surface area (Å²) in [4.78, 5) is 0. The van der Waals surface area contributed by atoms with Crippen molar-refractivity contribution in [3.05, 3.63) is 34.1 Å². The van der Waals surface area contributed by atoms with Crippen LogP contribution in [0, 0.1) is 5.82 Å². The maximum Gasteiger partial charge on any atom is 0.272 e. The van der Waals surface area contributed by atoms with E-state index in [0.717, 1.165) is 6.07 Å². The van der Waals surface area contributed by atoms with Crippen molar-refractivity contribution in [1.29, 1.82) is 0 Å². The van der Waals surface area contributed by atoms with Crippen molar-refractivity contribution in [2.24, 2.45) is 0 Å². The fraction of sp³-hybridized carbons (Fsp3) is 0.333. The topological polar surface area (TPSA) is 46.2 Å². The van der Waals surface area contributed by atoms with E-state index in [0.29, 0.717) is 0 Å². The molecule has 0 heterocycles. The molecule has 0 radical (unpaired) electrons. The predicted molar refractivity (Wildman–Crippen MR) is 56.3 cm³/mol. The van der Waals surface area contributed by atoms with Crippen molar-refractivity contribution in [1.82, 2.24) is 4.72 Å². The minimum absolute atomic E-state index is 0.00390. The van der Waals surface area contributed by atoms with E-state index in [9.17, 15) is 21.6 Å². The molecule has 0 saturated heterocycles. The molecule has 1 N–H and O–H groups in total. The Balaban J connectivity index is 2.55. The highest BCUT2D eigenvalue weighted by atomic mass is 35.5. The first kappa shape index (κ1) is 12.7. The standard InChI is InChI=1S/C9H7ClF3NO2S/c10-5-1-4-3-9(12,13)8(14-17(15)16)7(4)6(11)2-5/h1-2,8,17H,3H2,(H,14,15,16). The van der Waals surface area contributed by atoms with Crippen molar-refractivity contribution in [3.8, 4) is 0 Å². The normalized spacial score (nSPS) is 21.8. The molecule has 3 nitrogen and oxygen atoms in total. The van der Waals surface area contributed by atoms with Gasteiger partial charge in [-0.05, 0) is 17.7 Å². The Kier molecular flexibility index (Phi) is 3.09. The van der Waals surface area contributed by atoms with E-state index in [-0.39, 0.29) is 16.1 Å². The number of alkyl halides is 2. The van der Waals surface area contributed by atoms with E-state index in [2.05, 4.69) is 0 Å². The summed E-state index contributed by atoms with van der Waals surface area (Å²) in [7, 11) is -3.24. The second-order valence-electron chi connectivity index (χ2n) is 3.72. The van der Waals surface area contributed by atoms with Gasteiger partial charge in [-0.2, -0.15) is 0 Å². The third kappa shape index (κ3) is 2.27. The monoisotopic (exact) mass is 285 g/mol. The molecule has 0 aromatic heterocycles. The molecule has 17 heavy (non-hydrogen) atoms. The maximum absolute atomic E-state index is 13.5. The van der Waals surface area contributed by atoms with Crippen LogP contribution in [0.25, 0.3) is 0 Å². The molecule has 0 bridgehead atoms. The minimum Gasteiger partial charge on any atom is -0.215 e. The van der Waals surface area contributed by atoms with Crippen molar-refractivity contribution < 1.29 is 21.6 Å². The number of halogens is 4. The first-order chi connectivity index (χ1) is 7.81. The van der Waals surface area contributed by atoms with Gasteiger partial charge in [-0.1, -0.05) is 11.6 Å². The molecule has 0 amide bonds. The number of nitrogens with one attached hydrogen (secondary N) is 1. The maximum atomic E-state index is 13.5. The highest BCUT2D eigenvalue weighted by Crippen LogP contribution is 2.45. The molecule has 0 saturated carbocycles. The van der Waals surface area contributed by atoms with E-state index in [1.807, 2.05) is 0 Å². The third-order valence-corrected chi connectivity index (χ3v) is 3.24. The zero-order valence-electron chi connectivity index (χ0n) is 8.21. The molecule has 0 fully saturated rings. The highest BCUT2D eigenvalue weighted by molar-refractivity contribution is 7.70. The molecule has 8 heteroatoms. The van der Waals surface area contributed by atoms with E-state index < -0.39 is 35.1 Å². The quantitative estimate of drug-likeness (QED) is 0.815. The molecule has 0 aliphatic heterocycles. The lowest BCUT2D eigenvalue weighted by Crippen LogP contribution is -2.33. The van der Waals surface area contributed by atoms with Crippen molar-refractivity contribution in [2.45, 2.75) is 18.4 Å². The van der Waals surface area contributed by atoms with E-state index in [4.69, 9.17) is 11.6 Å². The minimum atomic E-state index is -3.36. The summed E-state index contributed by atoms with van der Waals surface area (Å²) in [5, 5.41) is 0.00390. The number of hydrogen-bond donors (Lipinski definition) is 2. The molecular weight excluding hydrogens is 279 g/mol. The Bertz CT molecular complexity index is 539. The lowest BCUT2D eigenvalue weighted by atomic mass is 10.1. The van der Waals surface area contributed by atoms with Gasteiger partial charge in [-0.25, -0.2) is 26.3 Å². The van der Waals surface area contributed by atoms with E-state index in [1.165, 1.54) is 6.07 Å². The second kappa shape index (κ2) is 4.15. The first-order valence-electron chi connectivity index (χ1n) is 4.57. The lowest BCUT2D eigenvalue weighted by Gasteiger charge is -2.18. The lowest BCUT2D eigenvalue weighted by molar-refractivity contribution is -0.0190. The zero-order chi connectivity index (χ0) is 12.8. The number of thiol groups is 1. The molecule has 94 valence electrons. The third-order valence-electron chi connectivity index (χ3n) is 2.55. The summed E-state index contributed by atoms with van der Waals surface area (Å²) in [6.07, 6.45) is -0.735. The summed E-state index contributed by atoms with van der Waals surface area (Å²) in [6, 6.07) is 0.234. The van der Waals surface area contributed by atoms with Crippen LogP contribution in [0.15, 0.2) is 12.1 Å². The molecule has 1 aliphatic rings. The number of rotatable bonds is 2. The van der Waals surface area contributed by atoms with Gasteiger partial charge in [0.2, 0.25) is 10.9 Å². The fourth-order valence-corrected chi connectivity index (χ4v) is 2.70. The number of fused-ring (bicyclic) bond motifs is 1. The average molecular weight is 286 g/mol. The van der Waals surface area contributed by atoms with Crippen LogP contribution in [0.5, 0.6) is 0 Å². The first-order valence-corrected chi connectivity index (χ1v) is 6.13. The van der Waals surface area contributed by atoms with Crippen LogP contribution in [0.4, 0.5) is 13.2 Å². The largest absolute Gasteiger partial charge is 0.272 e. The number of benzene rings is 1. The molecular formula is C9H7ClF3NO2S. The predicted octanol–water partition coefficient (Wildman–Crippen LogP) is 1.83. The Labute approximate surface area is 102 Å². The van der Waals surface area contributed by atoms with Gasteiger partial charge < -0.3 is 0 Å². The van der Waals surface area contributed by atoms with Gasteiger partial charge in [0.05, 0.1) is 0 Å². The fourth-order valence-electron chi connectivity index (χ4n) is 1.94. The summed E-state index contributed by atoms with van der Waals surface area (Å²) in [6.45, 7) is 0. The molecule has 1 aliphatic carbocycles. The van der Waals surface area contributed by atoms with Crippen LogP contribution in [0.2, 0.25) is 5.02 Å². The Morgan fingerprint density at radius 2 is 2.06 bits per heavy atom. The van der Waals surface area contributed by atoms with Crippen LogP contribution < -0.4 is 4.72 Å². The SMILES string of the molecule is O=[SH](=O)NC1c2c(F)cc(Cl)cc2CC1(F)F. The number of hydrogen-bond acceptors (Lipinski definition) is 2. The summed E-state index contributed by atoms with van der Waals surface area (Å²) in [5.74, 6) is -4.29. The molecule has 1 aromatic rings. The zero-order valence-corrected chi connectivity index (χ0v) is 9.87. The van der Waals surface area contributed by atoms with Gasteiger partial charge in [0.25, 0.3) is 5.92 Å². The smallest absolute Gasteiger partial charge is 0.215 e. The molecule has 1 aromatic carbocycles. The molecule has 1 unspecified atom stereocenters. The van der Waals surface area contributed by atoms with Gasteiger partial charge in [-0.3, -0.25) is 0 Å². The summed E-state index contributed by atoms with van der Waals surface area (Å²) < 4.78 is 63.2. The molecule has 0 spiro atoms. The Morgan fingerprint density at radius 3 is 2.65 bits per heavy atom. The average Bonchev–Trinajstić information content (AvgIpc) is 2.36. The van der Waals surface area contributed by atoms with Gasteiger partial charge in [-0.15, -0.1) is 0 Å². The Morgan fingerprint density at radius 1 is 1.41 bits per heavy atom. The van der Waals surface area contributed by atoms with Gasteiger partial charge in [0.1, 0.15) is 11.9 Å². The van der Waals surface area contributed by atoms with Crippen LogP contribution in [0.1, 0.15) is 17.2 Å². The van der Waals surface area contributed by atoms with Crippen LogP contribution in [-0.2, 0) is 17.3 Å². The highest BCUT2D eigenvalue weighted by Gasteiger charge is 2.49. The van der Waals surface area contributed by atoms with Crippen LogP contribution in [0.3, 0.4) is 0 Å². The molecule has 2 rings (SSSR count). The van der Waals surface area contributed by atoms with Crippen molar-refractivity contribution >= 4 is 22.5 Å². The Hall–Kier alpha value is -0.790. The summed E-state index contributed by atoms with van der Waals surface area (Å²) >= 11 is 5.55. The van der Waals surface area contributed by atoms with Crippen LogP contribution >= 0.6 is 11.6 Å². The van der Waals surface area contributed by atoms with Gasteiger partial charge >= 0.3 is 0 Å². The van der Waals surface area contributed by atoms with Crippen molar-refractivity contribution in [3.63, 3.8) is 0 Å². The van der Waals surface area contributed by atoms with Gasteiger partial charge in [0.15, 0.2) is 0 Å². The van der Waals surface area contributed by atoms with Crippen molar-refractivity contribution in [2.75, 3.05) is 0 Å². The summed E-state index contributed by atoms with van der Waals surface area (Å²) in [5.41, 5.74) is -0.312. The van der Waals surface area contributed by atoms with E-state index in [1.54, 1.807) is 4.72 Å².